The smallest absolute Gasteiger partial charge is 0.0195 e. The highest BCUT2D eigenvalue weighted by molar-refractivity contribution is 7.99. The van der Waals surface area contributed by atoms with Gasteiger partial charge in [-0.05, 0) is 12.7 Å². The van der Waals surface area contributed by atoms with Crippen LogP contribution in [0.25, 0.3) is 0 Å². The van der Waals surface area contributed by atoms with E-state index in [1.54, 1.807) is 0 Å². The van der Waals surface area contributed by atoms with Crippen LogP contribution in [0.5, 0.6) is 0 Å². The molecule has 0 aliphatic rings. The average molecular weight is 145 g/mol. The molecular weight excluding hydrogens is 130 g/mol. The fourth-order valence-electron chi connectivity index (χ4n) is 0.456. The van der Waals surface area contributed by atoms with E-state index in [0.29, 0.717) is 0 Å². The van der Waals surface area contributed by atoms with Gasteiger partial charge in [0.05, 0.1) is 0 Å². The summed E-state index contributed by atoms with van der Waals surface area (Å²) in [6, 6.07) is 0.211. The third-order valence-corrected chi connectivity index (χ3v) is 1.69. The molecule has 0 amide bonds. The molecule has 54 valence electrons. The quantitative estimate of drug-likeness (QED) is 0.481. The van der Waals surface area contributed by atoms with Crippen LogP contribution in [0.4, 0.5) is 0 Å². The van der Waals surface area contributed by atoms with Crippen molar-refractivity contribution in [1.29, 1.82) is 0 Å². The highest BCUT2D eigenvalue weighted by Gasteiger charge is 1.81. The molecule has 0 aliphatic heterocycles. The summed E-state index contributed by atoms with van der Waals surface area (Å²) in [5.41, 5.74) is 5.48. The highest BCUT2D eigenvalue weighted by atomic mass is 32.2. The van der Waals surface area contributed by atoms with Gasteiger partial charge < -0.3 is 5.73 Å². The van der Waals surface area contributed by atoms with Crippen LogP contribution < -0.4 is 5.73 Å². The Balaban J connectivity index is 3.04. The molecule has 0 radical (unpaired) electrons. The first kappa shape index (κ1) is 9.05. The van der Waals surface area contributed by atoms with Gasteiger partial charge in [0.2, 0.25) is 0 Å². The predicted octanol–water partition coefficient (Wildman–Crippen LogP) is 1.64. The van der Waals surface area contributed by atoms with Crippen LogP contribution >= 0.6 is 11.8 Å². The van der Waals surface area contributed by atoms with Gasteiger partial charge in [0.25, 0.3) is 0 Å². The third-order valence-electron chi connectivity index (χ3n) is 0.858. The van der Waals surface area contributed by atoms with Gasteiger partial charge in [0.15, 0.2) is 0 Å². The molecule has 2 heteroatoms. The van der Waals surface area contributed by atoms with Crippen molar-refractivity contribution in [2.75, 3.05) is 11.5 Å². The molecule has 2 N–H and O–H groups in total. The second kappa shape index (κ2) is 6.17. The lowest BCUT2D eigenvalue weighted by Gasteiger charge is -1.93. The summed E-state index contributed by atoms with van der Waals surface area (Å²) in [6.45, 7) is 4.14. The Hall–Kier alpha value is 0.0500. The number of thioether (sulfide) groups is 1. The molecule has 0 saturated carbocycles. The van der Waals surface area contributed by atoms with Crippen molar-refractivity contribution >= 4 is 11.8 Å². The maximum atomic E-state index is 5.48. The van der Waals surface area contributed by atoms with Gasteiger partial charge in [0, 0.05) is 11.8 Å². The summed E-state index contributed by atoms with van der Waals surface area (Å²) in [5.74, 6) is 2.28. The van der Waals surface area contributed by atoms with Gasteiger partial charge >= 0.3 is 0 Å². The average Bonchev–Trinajstić information content (AvgIpc) is 1.80. The zero-order valence-electron chi connectivity index (χ0n) is 6.13. The molecule has 1 nitrogen and oxygen atoms in total. The van der Waals surface area contributed by atoms with Crippen molar-refractivity contribution in [1.82, 2.24) is 0 Å². The van der Waals surface area contributed by atoms with E-state index in [0.717, 1.165) is 5.75 Å². The van der Waals surface area contributed by atoms with Crippen LogP contribution in [-0.4, -0.2) is 17.5 Å². The predicted molar refractivity (Wildman–Crippen MR) is 45.8 cm³/mol. The standard InChI is InChI=1S/C7H15NS/c1-3-9-6-4-5-7(2)8/h4-5,7H,3,6,8H2,1-2H3/b5-4+. The van der Waals surface area contributed by atoms with Crippen LogP contribution in [0.2, 0.25) is 0 Å². The Morgan fingerprint density at radius 3 is 2.78 bits per heavy atom. The first-order valence-corrected chi connectivity index (χ1v) is 4.42. The summed E-state index contributed by atoms with van der Waals surface area (Å²) < 4.78 is 0. The molecule has 0 rings (SSSR count). The first-order valence-electron chi connectivity index (χ1n) is 3.27. The number of hydrogen-bond acceptors (Lipinski definition) is 2. The van der Waals surface area contributed by atoms with E-state index in [-0.39, 0.29) is 6.04 Å². The number of rotatable bonds is 4. The summed E-state index contributed by atoms with van der Waals surface area (Å²) >= 11 is 1.91. The molecule has 0 bridgehead atoms. The van der Waals surface area contributed by atoms with Crippen molar-refractivity contribution in [3.8, 4) is 0 Å². The molecule has 0 spiro atoms. The fourth-order valence-corrected chi connectivity index (χ4v) is 0.939. The van der Waals surface area contributed by atoms with Gasteiger partial charge in [-0.2, -0.15) is 11.8 Å². The summed E-state index contributed by atoms with van der Waals surface area (Å²) in [5, 5.41) is 0. The van der Waals surface area contributed by atoms with E-state index < -0.39 is 0 Å². The van der Waals surface area contributed by atoms with Crippen LogP contribution in [0.3, 0.4) is 0 Å². The van der Waals surface area contributed by atoms with E-state index in [2.05, 4.69) is 13.0 Å². The van der Waals surface area contributed by atoms with Crippen molar-refractivity contribution in [2.45, 2.75) is 19.9 Å². The Bertz CT molecular complexity index is 79.0. The third kappa shape index (κ3) is 8.05. The minimum absolute atomic E-state index is 0.211. The van der Waals surface area contributed by atoms with Gasteiger partial charge in [-0.3, -0.25) is 0 Å². The van der Waals surface area contributed by atoms with Gasteiger partial charge in [-0.15, -0.1) is 0 Å². The van der Waals surface area contributed by atoms with Crippen molar-refractivity contribution < 1.29 is 0 Å². The van der Waals surface area contributed by atoms with Gasteiger partial charge in [-0.25, -0.2) is 0 Å². The Labute approximate surface area is 61.7 Å². The minimum atomic E-state index is 0.211. The van der Waals surface area contributed by atoms with E-state index in [4.69, 9.17) is 5.73 Å². The van der Waals surface area contributed by atoms with E-state index in [1.165, 1.54) is 5.75 Å². The molecule has 0 saturated heterocycles. The van der Waals surface area contributed by atoms with E-state index >= 15 is 0 Å². The van der Waals surface area contributed by atoms with E-state index in [1.807, 2.05) is 24.8 Å². The minimum Gasteiger partial charge on any atom is -0.325 e. The lowest BCUT2D eigenvalue weighted by molar-refractivity contribution is 0.924. The van der Waals surface area contributed by atoms with Crippen molar-refractivity contribution in [3.05, 3.63) is 12.2 Å². The monoisotopic (exact) mass is 145 g/mol. The van der Waals surface area contributed by atoms with Crippen molar-refractivity contribution in [3.63, 3.8) is 0 Å². The molecule has 1 atom stereocenters. The molecule has 0 aromatic carbocycles. The fraction of sp³-hybridized carbons (Fsp3) is 0.714. The van der Waals surface area contributed by atoms with Crippen LogP contribution in [-0.2, 0) is 0 Å². The summed E-state index contributed by atoms with van der Waals surface area (Å²) in [4.78, 5) is 0. The number of hydrogen-bond donors (Lipinski definition) is 1. The normalized spacial score (nSPS) is 14.6. The molecule has 1 unspecified atom stereocenters. The molecule has 9 heavy (non-hydrogen) atoms. The molecule has 0 fully saturated rings. The zero-order valence-corrected chi connectivity index (χ0v) is 6.95. The lowest BCUT2D eigenvalue weighted by atomic mass is 10.3. The Morgan fingerprint density at radius 1 is 1.67 bits per heavy atom. The first-order chi connectivity index (χ1) is 4.27. The summed E-state index contributed by atoms with van der Waals surface area (Å²) in [7, 11) is 0. The topological polar surface area (TPSA) is 26.0 Å². The molecule has 0 heterocycles. The molecule has 0 aromatic heterocycles. The number of nitrogens with two attached hydrogens (primary N) is 1. The van der Waals surface area contributed by atoms with E-state index in [9.17, 15) is 0 Å². The molecular formula is C7H15NS. The van der Waals surface area contributed by atoms with Crippen molar-refractivity contribution in [2.24, 2.45) is 5.73 Å². The molecule has 0 aromatic rings. The lowest BCUT2D eigenvalue weighted by Crippen LogP contribution is -2.10. The SMILES string of the molecule is CCSC/C=C/C(C)N. The molecule has 0 aliphatic carbocycles. The zero-order chi connectivity index (χ0) is 7.11. The maximum absolute atomic E-state index is 5.48. The second-order valence-corrected chi connectivity index (χ2v) is 3.27. The van der Waals surface area contributed by atoms with Crippen LogP contribution in [0.1, 0.15) is 13.8 Å². The van der Waals surface area contributed by atoms with Crippen LogP contribution in [0, 0.1) is 0 Å². The van der Waals surface area contributed by atoms with Crippen LogP contribution in [0.15, 0.2) is 12.2 Å². The Morgan fingerprint density at radius 2 is 2.33 bits per heavy atom. The Kier molecular flexibility index (Phi) is 6.21. The second-order valence-electron chi connectivity index (χ2n) is 1.95. The largest absolute Gasteiger partial charge is 0.325 e. The highest BCUT2D eigenvalue weighted by Crippen LogP contribution is 1.97. The maximum Gasteiger partial charge on any atom is 0.0195 e. The van der Waals surface area contributed by atoms with Gasteiger partial charge in [0.1, 0.15) is 0 Å². The summed E-state index contributed by atoms with van der Waals surface area (Å²) in [6.07, 6.45) is 4.15. The van der Waals surface area contributed by atoms with Gasteiger partial charge in [-0.1, -0.05) is 19.1 Å².